The van der Waals surface area contributed by atoms with Crippen molar-refractivity contribution in [2.24, 2.45) is 0 Å². The van der Waals surface area contributed by atoms with Gasteiger partial charge < -0.3 is 9.84 Å². The molecule has 2 rings (SSSR count). The number of nitrogens with zero attached hydrogens (tertiary/aromatic N) is 3. The van der Waals surface area contributed by atoms with Crippen LogP contribution >= 0.6 is 0 Å². The first-order chi connectivity index (χ1) is 7.36. The van der Waals surface area contributed by atoms with Gasteiger partial charge >= 0.3 is 0 Å². The Morgan fingerprint density at radius 3 is 3.07 bits per heavy atom. The highest BCUT2D eigenvalue weighted by molar-refractivity contribution is 5.42. The van der Waals surface area contributed by atoms with Crippen LogP contribution in [0.25, 0.3) is 0 Å². The second-order valence-electron chi connectivity index (χ2n) is 3.18. The number of aromatic nitrogens is 3. The Labute approximate surface area is 87.5 Å². The lowest BCUT2D eigenvalue weighted by Crippen LogP contribution is -2.07. The number of aryl methyl sites for hydroxylation is 1. The predicted molar refractivity (Wildman–Crippen MR) is 55.5 cm³/mol. The molecule has 2 heterocycles. The number of pyridine rings is 1. The number of anilines is 1. The molecule has 5 nitrogen and oxygen atoms in total. The summed E-state index contributed by atoms with van der Waals surface area (Å²) in [7, 11) is 0. The minimum absolute atomic E-state index is 0.635. The van der Waals surface area contributed by atoms with E-state index in [1.807, 2.05) is 19.1 Å². The standard InChI is InChI=1S/C10H12N4O/c1-8-3-2-5-11-10(8)12-6-4-9-13-7-14-15-9/h2-3,5,7H,4,6H2,1H3,(H,11,12). The number of rotatable bonds is 4. The number of nitrogens with one attached hydrogen (secondary N) is 1. The molecule has 2 aromatic rings. The van der Waals surface area contributed by atoms with Crippen molar-refractivity contribution in [3.63, 3.8) is 0 Å². The average molecular weight is 204 g/mol. The van der Waals surface area contributed by atoms with E-state index in [2.05, 4.69) is 20.4 Å². The van der Waals surface area contributed by atoms with Crippen molar-refractivity contribution in [2.45, 2.75) is 13.3 Å². The lowest BCUT2D eigenvalue weighted by Gasteiger charge is -2.05. The van der Waals surface area contributed by atoms with Crippen LogP contribution in [0.4, 0.5) is 5.82 Å². The molecule has 0 saturated heterocycles. The van der Waals surface area contributed by atoms with Crippen molar-refractivity contribution in [3.05, 3.63) is 36.1 Å². The van der Waals surface area contributed by atoms with Gasteiger partial charge in [0.25, 0.3) is 0 Å². The molecule has 78 valence electrons. The van der Waals surface area contributed by atoms with Crippen LogP contribution in [0.15, 0.2) is 29.2 Å². The summed E-state index contributed by atoms with van der Waals surface area (Å²) >= 11 is 0. The first-order valence-electron chi connectivity index (χ1n) is 4.77. The molecule has 0 amide bonds. The Kier molecular flexibility index (Phi) is 2.92. The first kappa shape index (κ1) is 9.64. The SMILES string of the molecule is Cc1cccnc1NCCc1ncno1. The van der Waals surface area contributed by atoms with Crippen molar-refractivity contribution in [3.8, 4) is 0 Å². The van der Waals surface area contributed by atoms with Gasteiger partial charge in [-0.3, -0.25) is 0 Å². The maximum absolute atomic E-state index is 4.88. The maximum Gasteiger partial charge on any atom is 0.228 e. The minimum atomic E-state index is 0.635. The summed E-state index contributed by atoms with van der Waals surface area (Å²) in [6.45, 7) is 2.75. The van der Waals surface area contributed by atoms with E-state index in [0.717, 1.165) is 17.9 Å². The van der Waals surface area contributed by atoms with Gasteiger partial charge in [-0.15, -0.1) is 0 Å². The molecule has 5 heteroatoms. The van der Waals surface area contributed by atoms with E-state index in [9.17, 15) is 0 Å². The van der Waals surface area contributed by atoms with Crippen molar-refractivity contribution < 1.29 is 4.52 Å². The van der Waals surface area contributed by atoms with E-state index in [4.69, 9.17) is 4.52 Å². The van der Waals surface area contributed by atoms with Gasteiger partial charge in [-0.05, 0) is 18.6 Å². The van der Waals surface area contributed by atoms with Gasteiger partial charge in [-0.25, -0.2) is 4.98 Å². The molecule has 15 heavy (non-hydrogen) atoms. The van der Waals surface area contributed by atoms with Gasteiger partial charge in [-0.2, -0.15) is 4.98 Å². The van der Waals surface area contributed by atoms with Gasteiger partial charge in [0.1, 0.15) is 5.82 Å². The molecule has 0 aliphatic rings. The maximum atomic E-state index is 4.88. The first-order valence-corrected chi connectivity index (χ1v) is 4.77. The summed E-state index contributed by atoms with van der Waals surface area (Å²) in [5, 5.41) is 6.75. The van der Waals surface area contributed by atoms with Crippen molar-refractivity contribution in [1.29, 1.82) is 0 Å². The van der Waals surface area contributed by atoms with Gasteiger partial charge in [0, 0.05) is 19.2 Å². The largest absolute Gasteiger partial charge is 0.369 e. The zero-order valence-electron chi connectivity index (χ0n) is 8.47. The van der Waals surface area contributed by atoms with Crippen LogP contribution in [0, 0.1) is 6.92 Å². The van der Waals surface area contributed by atoms with Crippen LogP contribution in [0.5, 0.6) is 0 Å². The average Bonchev–Trinajstić information content (AvgIpc) is 2.74. The Morgan fingerprint density at radius 1 is 1.40 bits per heavy atom. The molecule has 0 radical (unpaired) electrons. The quantitative estimate of drug-likeness (QED) is 0.816. The fourth-order valence-corrected chi connectivity index (χ4v) is 1.26. The summed E-state index contributed by atoms with van der Waals surface area (Å²) in [5.74, 6) is 1.54. The Bertz CT molecular complexity index is 413. The van der Waals surface area contributed by atoms with E-state index in [1.165, 1.54) is 6.33 Å². The molecule has 0 atom stereocenters. The lowest BCUT2D eigenvalue weighted by atomic mass is 10.3. The van der Waals surface area contributed by atoms with Crippen molar-refractivity contribution in [1.82, 2.24) is 15.1 Å². The fraction of sp³-hybridized carbons (Fsp3) is 0.300. The van der Waals surface area contributed by atoms with E-state index in [-0.39, 0.29) is 0 Å². The molecular weight excluding hydrogens is 192 g/mol. The molecule has 0 aromatic carbocycles. The minimum Gasteiger partial charge on any atom is -0.369 e. The van der Waals surface area contributed by atoms with E-state index in [0.29, 0.717) is 12.3 Å². The highest BCUT2D eigenvalue weighted by Crippen LogP contribution is 2.08. The smallest absolute Gasteiger partial charge is 0.228 e. The summed E-state index contributed by atoms with van der Waals surface area (Å²) in [4.78, 5) is 8.15. The third kappa shape index (κ3) is 2.52. The third-order valence-electron chi connectivity index (χ3n) is 2.05. The highest BCUT2D eigenvalue weighted by atomic mass is 16.5. The normalized spacial score (nSPS) is 10.2. The molecule has 0 aliphatic carbocycles. The molecule has 0 spiro atoms. The van der Waals surface area contributed by atoms with Gasteiger partial charge in [0.05, 0.1) is 0 Å². The zero-order valence-corrected chi connectivity index (χ0v) is 8.47. The monoisotopic (exact) mass is 204 g/mol. The molecular formula is C10H12N4O. The Hall–Kier alpha value is -1.91. The van der Waals surface area contributed by atoms with Crippen molar-refractivity contribution in [2.75, 3.05) is 11.9 Å². The van der Waals surface area contributed by atoms with E-state index in [1.54, 1.807) is 6.20 Å². The Balaban J connectivity index is 1.86. The lowest BCUT2D eigenvalue weighted by molar-refractivity contribution is 0.379. The number of hydrogen-bond donors (Lipinski definition) is 1. The topological polar surface area (TPSA) is 63.8 Å². The van der Waals surface area contributed by atoms with E-state index < -0.39 is 0 Å². The Morgan fingerprint density at radius 2 is 2.33 bits per heavy atom. The third-order valence-corrected chi connectivity index (χ3v) is 2.05. The summed E-state index contributed by atoms with van der Waals surface area (Å²) in [6.07, 6.45) is 3.87. The zero-order chi connectivity index (χ0) is 10.5. The van der Waals surface area contributed by atoms with Crippen LogP contribution in [0.3, 0.4) is 0 Å². The fourth-order valence-electron chi connectivity index (χ4n) is 1.26. The van der Waals surface area contributed by atoms with Gasteiger partial charge in [0.15, 0.2) is 6.33 Å². The molecule has 0 fully saturated rings. The molecule has 0 unspecified atom stereocenters. The second kappa shape index (κ2) is 4.54. The molecule has 0 bridgehead atoms. The second-order valence-corrected chi connectivity index (χ2v) is 3.18. The molecule has 0 aliphatic heterocycles. The van der Waals surface area contributed by atoms with Crippen LogP contribution in [-0.4, -0.2) is 21.7 Å². The molecule has 0 saturated carbocycles. The predicted octanol–water partition coefficient (Wildman–Crippen LogP) is 1.43. The summed E-state index contributed by atoms with van der Waals surface area (Å²) in [6, 6.07) is 3.93. The van der Waals surface area contributed by atoms with Crippen LogP contribution in [-0.2, 0) is 6.42 Å². The summed E-state index contributed by atoms with van der Waals surface area (Å²) in [5.41, 5.74) is 1.13. The molecule has 2 aromatic heterocycles. The van der Waals surface area contributed by atoms with Crippen LogP contribution in [0.1, 0.15) is 11.5 Å². The van der Waals surface area contributed by atoms with Gasteiger partial charge in [-0.1, -0.05) is 11.2 Å². The van der Waals surface area contributed by atoms with Crippen LogP contribution in [0.2, 0.25) is 0 Å². The van der Waals surface area contributed by atoms with E-state index >= 15 is 0 Å². The molecule has 1 N–H and O–H groups in total. The van der Waals surface area contributed by atoms with Crippen molar-refractivity contribution >= 4 is 5.82 Å². The number of hydrogen-bond acceptors (Lipinski definition) is 5. The highest BCUT2D eigenvalue weighted by Gasteiger charge is 2.00. The van der Waals surface area contributed by atoms with Crippen LogP contribution < -0.4 is 5.32 Å². The summed E-state index contributed by atoms with van der Waals surface area (Å²) < 4.78 is 4.88. The van der Waals surface area contributed by atoms with Gasteiger partial charge in [0.2, 0.25) is 5.89 Å².